The number of rotatable bonds is 5. The monoisotopic (exact) mass is 502 g/mol. The third-order valence-electron chi connectivity index (χ3n) is 8.61. The molecule has 1 unspecified atom stereocenters. The number of hydrogen-bond donors (Lipinski definition) is 0. The standard InChI is InChI=1S/C28H36F6O/c1-3-5-22-15-14-21-16-23(24(27(29,30)31)25(26(21)35-22)28(32,33)34)20-12-10-19(11-13-20)18-8-6-17(4-2)7-9-18/h4,16-20,22H,2-3,5-15H2,1H3. The number of hydrogen-bond acceptors (Lipinski definition) is 1. The van der Waals surface area contributed by atoms with Gasteiger partial charge in [-0.15, -0.1) is 6.58 Å². The van der Waals surface area contributed by atoms with Gasteiger partial charge in [-0.3, -0.25) is 0 Å². The van der Waals surface area contributed by atoms with Crippen molar-refractivity contribution in [2.75, 3.05) is 0 Å². The van der Waals surface area contributed by atoms with Crippen LogP contribution in [0.1, 0.15) is 106 Å². The smallest absolute Gasteiger partial charge is 0.420 e. The number of allylic oxidation sites excluding steroid dienone is 1. The summed E-state index contributed by atoms with van der Waals surface area (Å²) in [4.78, 5) is 0. The van der Waals surface area contributed by atoms with Crippen LogP contribution in [0.3, 0.4) is 0 Å². The van der Waals surface area contributed by atoms with Crippen LogP contribution in [-0.4, -0.2) is 6.10 Å². The fraction of sp³-hybridized carbons (Fsp3) is 0.714. The zero-order chi connectivity index (χ0) is 25.4. The van der Waals surface area contributed by atoms with E-state index in [1.807, 2.05) is 13.0 Å². The molecule has 1 heterocycles. The maximum atomic E-state index is 14.3. The third kappa shape index (κ3) is 5.69. The first-order valence-corrected chi connectivity index (χ1v) is 13.2. The van der Waals surface area contributed by atoms with E-state index in [1.165, 1.54) is 6.07 Å². The lowest BCUT2D eigenvalue weighted by Crippen LogP contribution is -2.30. The lowest BCUT2D eigenvalue weighted by molar-refractivity contribution is -0.164. The fourth-order valence-corrected chi connectivity index (χ4v) is 6.78. The molecule has 1 aromatic rings. The van der Waals surface area contributed by atoms with Gasteiger partial charge in [0, 0.05) is 0 Å². The maximum absolute atomic E-state index is 14.3. The Labute approximate surface area is 204 Å². The van der Waals surface area contributed by atoms with Crippen molar-refractivity contribution in [1.82, 2.24) is 0 Å². The summed E-state index contributed by atoms with van der Waals surface area (Å²) in [6, 6.07) is 1.40. The zero-order valence-corrected chi connectivity index (χ0v) is 20.4. The van der Waals surface area contributed by atoms with Gasteiger partial charge in [0.15, 0.2) is 0 Å². The second kappa shape index (κ2) is 10.4. The topological polar surface area (TPSA) is 9.23 Å². The highest BCUT2D eigenvalue weighted by molar-refractivity contribution is 5.55. The molecule has 1 nitrogen and oxygen atoms in total. The molecule has 0 spiro atoms. The van der Waals surface area contributed by atoms with E-state index in [9.17, 15) is 26.3 Å². The van der Waals surface area contributed by atoms with E-state index in [0.29, 0.717) is 56.3 Å². The molecular weight excluding hydrogens is 466 g/mol. The van der Waals surface area contributed by atoms with Crippen LogP contribution in [0.2, 0.25) is 0 Å². The molecule has 0 aromatic heterocycles. The lowest BCUT2D eigenvalue weighted by atomic mass is 9.67. The number of alkyl halides is 6. The number of halogens is 6. The molecule has 2 aliphatic carbocycles. The Morgan fingerprint density at radius 2 is 1.43 bits per heavy atom. The molecular formula is C28H36F6O. The molecule has 35 heavy (non-hydrogen) atoms. The highest BCUT2D eigenvalue weighted by Gasteiger charge is 2.50. The largest absolute Gasteiger partial charge is 0.489 e. The highest BCUT2D eigenvalue weighted by atomic mass is 19.4. The van der Waals surface area contributed by atoms with Gasteiger partial charge in [0.1, 0.15) is 11.3 Å². The first-order valence-electron chi connectivity index (χ1n) is 13.2. The van der Waals surface area contributed by atoms with Crippen molar-refractivity contribution >= 4 is 0 Å². The number of ether oxygens (including phenoxy) is 1. The van der Waals surface area contributed by atoms with Crippen LogP contribution in [0.15, 0.2) is 18.7 Å². The molecule has 0 radical (unpaired) electrons. The van der Waals surface area contributed by atoms with Gasteiger partial charge in [0.25, 0.3) is 0 Å². The minimum Gasteiger partial charge on any atom is -0.489 e. The summed E-state index contributed by atoms with van der Waals surface area (Å²) in [7, 11) is 0. The van der Waals surface area contributed by atoms with E-state index in [2.05, 4.69) is 6.58 Å². The summed E-state index contributed by atoms with van der Waals surface area (Å²) < 4.78 is 91.1. The van der Waals surface area contributed by atoms with Crippen molar-refractivity contribution in [2.45, 2.75) is 108 Å². The quantitative estimate of drug-likeness (QED) is 0.288. The second-order valence-corrected chi connectivity index (χ2v) is 10.8. The molecule has 0 bridgehead atoms. The lowest BCUT2D eigenvalue weighted by Gasteiger charge is -2.39. The Morgan fingerprint density at radius 3 is 1.94 bits per heavy atom. The predicted octanol–water partition coefficient (Wildman–Crippen LogP) is 9.48. The van der Waals surface area contributed by atoms with Gasteiger partial charge < -0.3 is 4.74 Å². The normalized spacial score (nSPS) is 29.9. The molecule has 2 fully saturated rings. The van der Waals surface area contributed by atoms with Crippen molar-refractivity contribution < 1.29 is 31.1 Å². The predicted molar refractivity (Wildman–Crippen MR) is 124 cm³/mol. The van der Waals surface area contributed by atoms with Gasteiger partial charge in [-0.2, -0.15) is 26.3 Å². The Kier molecular flexibility index (Phi) is 7.82. The first-order chi connectivity index (χ1) is 16.5. The maximum Gasteiger partial charge on any atom is 0.420 e. The van der Waals surface area contributed by atoms with Crippen LogP contribution < -0.4 is 4.74 Å². The average Bonchev–Trinajstić information content (AvgIpc) is 2.82. The minimum atomic E-state index is -5.14. The van der Waals surface area contributed by atoms with Crippen molar-refractivity contribution in [3.05, 3.63) is 41.0 Å². The van der Waals surface area contributed by atoms with Gasteiger partial charge in [-0.05, 0) is 105 Å². The van der Waals surface area contributed by atoms with Crippen LogP contribution in [0.4, 0.5) is 26.3 Å². The zero-order valence-electron chi connectivity index (χ0n) is 20.4. The van der Waals surface area contributed by atoms with E-state index >= 15 is 0 Å². The Balaban J connectivity index is 1.64. The molecule has 3 aliphatic rings. The van der Waals surface area contributed by atoms with E-state index in [-0.39, 0.29) is 11.1 Å². The molecule has 1 atom stereocenters. The average molecular weight is 503 g/mol. The van der Waals surface area contributed by atoms with Crippen molar-refractivity contribution in [1.29, 1.82) is 0 Å². The van der Waals surface area contributed by atoms with Gasteiger partial charge in [0.05, 0.1) is 11.7 Å². The second-order valence-electron chi connectivity index (χ2n) is 10.8. The van der Waals surface area contributed by atoms with E-state index in [1.54, 1.807) is 0 Å². The fourth-order valence-electron chi connectivity index (χ4n) is 6.78. The van der Waals surface area contributed by atoms with E-state index in [0.717, 1.165) is 38.5 Å². The van der Waals surface area contributed by atoms with Crippen LogP contribution in [-0.2, 0) is 18.8 Å². The Hall–Kier alpha value is -1.66. The Morgan fingerprint density at radius 1 is 0.857 bits per heavy atom. The van der Waals surface area contributed by atoms with Gasteiger partial charge >= 0.3 is 12.4 Å². The summed E-state index contributed by atoms with van der Waals surface area (Å²) in [5.74, 6) is 0.460. The molecule has 1 aromatic carbocycles. The number of aryl methyl sites for hydroxylation is 1. The molecule has 1 aliphatic heterocycles. The third-order valence-corrected chi connectivity index (χ3v) is 8.61. The number of fused-ring (bicyclic) bond motifs is 1. The van der Waals surface area contributed by atoms with Crippen LogP contribution in [0, 0.1) is 17.8 Å². The molecule has 0 amide bonds. The van der Waals surface area contributed by atoms with E-state index < -0.39 is 41.3 Å². The summed E-state index contributed by atoms with van der Waals surface area (Å²) >= 11 is 0. The summed E-state index contributed by atoms with van der Waals surface area (Å²) in [5, 5.41) is 0. The molecule has 4 rings (SSSR count). The van der Waals surface area contributed by atoms with Gasteiger partial charge in [0.2, 0.25) is 0 Å². The first kappa shape index (κ1) is 26.4. The SMILES string of the molecule is C=CC1CCC(C2CCC(c3cc4c(c(C(F)(F)F)c3C(F)(F)F)OC(CCC)CC4)CC2)CC1. The van der Waals surface area contributed by atoms with Crippen molar-refractivity contribution in [2.24, 2.45) is 17.8 Å². The van der Waals surface area contributed by atoms with Crippen LogP contribution in [0.25, 0.3) is 0 Å². The van der Waals surface area contributed by atoms with Crippen molar-refractivity contribution in [3.63, 3.8) is 0 Å². The highest BCUT2D eigenvalue weighted by Crippen LogP contribution is 2.53. The summed E-state index contributed by atoms with van der Waals surface area (Å²) in [5.41, 5.74) is -3.02. The van der Waals surface area contributed by atoms with Gasteiger partial charge in [-0.25, -0.2) is 0 Å². The van der Waals surface area contributed by atoms with E-state index in [4.69, 9.17) is 4.74 Å². The van der Waals surface area contributed by atoms with Crippen LogP contribution in [0.5, 0.6) is 5.75 Å². The van der Waals surface area contributed by atoms with Crippen molar-refractivity contribution in [3.8, 4) is 5.75 Å². The molecule has 7 heteroatoms. The van der Waals surface area contributed by atoms with Gasteiger partial charge in [-0.1, -0.05) is 25.5 Å². The molecule has 196 valence electrons. The minimum absolute atomic E-state index is 0.171. The number of benzene rings is 1. The molecule has 0 N–H and O–H groups in total. The molecule has 2 saturated carbocycles. The summed E-state index contributed by atoms with van der Waals surface area (Å²) in [6.45, 7) is 5.76. The molecule has 0 saturated heterocycles. The Bertz CT molecular complexity index is 886. The van der Waals surface area contributed by atoms with Crippen LogP contribution >= 0.6 is 0 Å². The summed E-state index contributed by atoms with van der Waals surface area (Å²) in [6.07, 6.45) is 0.336.